The second-order valence-electron chi connectivity index (χ2n) is 11.1. The lowest BCUT2D eigenvalue weighted by molar-refractivity contribution is -0.123. The molecule has 10 heteroatoms. The molecule has 2 aromatic carbocycles. The monoisotopic (exact) mass is 561 g/mol. The van der Waals surface area contributed by atoms with E-state index in [0.717, 1.165) is 48.4 Å². The summed E-state index contributed by atoms with van der Waals surface area (Å²) in [6.07, 6.45) is 3.41. The summed E-state index contributed by atoms with van der Waals surface area (Å²) in [4.78, 5) is 47.1. The SMILES string of the molecule is Cc1ccccc1NC(=O)[C@H]1C[C@@H]1C(=O)N1CCc2cc(NC(=O)c3oc(N4CCCC(C)C4)nc3Cl)ccc21. The third-order valence-corrected chi connectivity index (χ3v) is 8.31. The molecule has 1 aromatic heterocycles. The van der Waals surface area contributed by atoms with E-state index in [1.54, 1.807) is 11.0 Å². The summed E-state index contributed by atoms with van der Waals surface area (Å²) < 4.78 is 5.77. The molecule has 208 valence electrons. The van der Waals surface area contributed by atoms with Crippen molar-refractivity contribution >= 4 is 52.4 Å². The number of amides is 3. The molecule has 1 aliphatic carbocycles. The third kappa shape index (κ3) is 5.18. The van der Waals surface area contributed by atoms with Crippen LogP contribution in [0.4, 0.5) is 23.1 Å². The Bertz CT molecular complexity index is 1490. The van der Waals surface area contributed by atoms with Gasteiger partial charge in [-0.25, -0.2) is 0 Å². The molecule has 2 fully saturated rings. The summed E-state index contributed by atoms with van der Waals surface area (Å²) in [6.45, 7) is 6.30. The first-order chi connectivity index (χ1) is 19.3. The van der Waals surface area contributed by atoms with Gasteiger partial charge in [0.15, 0.2) is 5.15 Å². The molecule has 2 N–H and O–H groups in total. The van der Waals surface area contributed by atoms with Crippen LogP contribution >= 0.6 is 11.6 Å². The Labute approximate surface area is 237 Å². The van der Waals surface area contributed by atoms with Crippen LogP contribution in [0.3, 0.4) is 0 Å². The van der Waals surface area contributed by atoms with Crippen molar-refractivity contribution in [2.24, 2.45) is 17.8 Å². The zero-order valence-corrected chi connectivity index (χ0v) is 23.3. The van der Waals surface area contributed by atoms with Crippen molar-refractivity contribution in [3.05, 3.63) is 64.5 Å². The number of rotatable bonds is 6. The number of nitrogens with zero attached hydrogens (tertiary/aromatic N) is 3. The average molecular weight is 562 g/mol. The molecule has 3 heterocycles. The van der Waals surface area contributed by atoms with E-state index in [4.69, 9.17) is 16.0 Å². The molecule has 3 amide bonds. The van der Waals surface area contributed by atoms with Crippen LogP contribution in [0.15, 0.2) is 46.9 Å². The van der Waals surface area contributed by atoms with Gasteiger partial charge in [-0.15, -0.1) is 0 Å². The number of benzene rings is 2. The summed E-state index contributed by atoms with van der Waals surface area (Å²) >= 11 is 6.27. The van der Waals surface area contributed by atoms with Crippen LogP contribution in [-0.2, 0) is 16.0 Å². The summed E-state index contributed by atoms with van der Waals surface area (Å²) in [5.74, 6) is -0.755. The number of aryl methyl sites for hydroxylation is 1. The van der Waals surface area contributed by atoms with Crippen molar-refractivity contribution in [2.75, 3.05) is 40.1 Å². The predicted molar refractivity (Wildman–Crippen MR) is 154 cm³/mol. The number of carbonyl (C=O) groups is 3. The lowest BCUT2D eigenvalue weighted by Crippen LogP contribution is -2.34. The van der Waals surface area contributed by atoms with Crippen molar-refractivity contribution in [1.82, 2.24) is 4.98 Å². The Hall–Kier alpha value is -3.85. The molecule has 1 unspecified atom stereocenters. The largest absolute Gasteiger partial charge is 0.416 e. The quantitative estimate of drug-likeness (QED) is 0.423. The van der Waals surface area contributed by atoms with E-state index in [0.29, 0.717) is 37.0 Å². The highest BCUT2D eigenvalue weighted by atomic mass is 35.5. The first kappa shape index (κ1) is 26.4. The molecular formula is C30H32ClN5O4. The fourth-order valence-corrected chi connectivity index (χ4v) is 5.92. The van der Waals surface area contributed by atoms with E-state index >= 15 is 0 Å². The van der Waals surface area contributed by atoms with Crippen molar-refractivity contribution in [3.8, 4) is 0 Å². The molecule has 6 rings (SSSR count). The zero-order chi connectivity index (χ0) is 28.0. The standard InChI is InChI=1S/C30H32ClN5O4/c1-17-6-5-12-35(16-17)30-34-26(31)25(40-30)28(38)32-20-9-10-24-19(14-20)11-13-36(24)29(39)22-15-21(22)27(37)33-23-8-4-3-7-18(23)2/h3-4,7-10,14,17,21-22H,5-6,11-13,15-16H2,1-2H3,(H,32,38)(H,33,37)/t17?,21-,22-/m0/s1. The number of nitrogens with one attached hydrogen (secondary N) is 2. The lowest BCUT2D eigenvalue weighted by Gasteiger charge is -2.29. The number of aromatic nitrogens is 1. The maximum Gasteiger partial charge on any atom is 0.299 e. The van der Waals surface area contributed by atoms with E-state index < -0.39 is 5.91 Å². The van der Waals surface area contributed by atoms with Crippen molar-refractivity contribution < 1.29 is 18.8 Å². The Morgan fingerprint density at radius 3 is 2.70 bits per heavy atom. The van der Waals surface area contributed by atoms with Crippen LogP contribution in [0.5, 0.6) is 0 Å². The molecule has 0 bridgehead atoms. The topological polar surface area (TPSA) is 108 Å². The highest BCUT2D eigenvalue weighted by Crippen LogP contribution is 2.43. The molecule has 3 aromatic rings. The average Bonchev–Trinajstić information content (AvgIpc) is 3.48. The number of para-hydroxylation sites is 1. The molecule has 2 aliphatic heterocycles. The molecule has 0 spiro atoms. The minimum Gasteiger partial charge on any atom is -0.416 e. The van der Waals surface area contributed by atoms with Gasteiger partial charge in [0.2, 0.25) is 17.6 Å². The minimum absolute atomic E-state index is 0.0176. The first-order valence-electron chi connectivity index (χ1n) is 13.8. The molecular weight excluding hydrogens is 530 g/mol. The van der Waals surface area contributed by atoms with Crippen LogP contribution in [-0.4, -0.2) is 42.3 Å². The second kappa shape index (κ2) is 10.6. The molecule has 3 aliphatic rings. The van der Waals surface area contributed by atoms with Crippen LogP contribution < -0.4 is 20.4 Å². The van der Waals surface area contributed by atoms with E-state index in [2.05, 4.69) is 22.5 Å². The highest BCUT2D eigenvalue weighted by Gasteiger charge is 2.50. The number of piperidine rings is 1. The molecule has 40 heavy (non-hydrogen) atoms. The fourth-order valence-electron chi connectivity index (χ4n) is 5.72. The molecule has 0 radical (unpaired) electrons. The summed E-state index contributed by atoms with van der Waals surface area (Å²) in [5.41, 5.74) is 4.11. The number of anilines is 4. The molecule has 1 saturated heterocycles. The van der Waals surface area contributed by atoms with Gasteiger partial charge in [0.1, 0.15) is 0 Å². The number of hydrogen-bond acceptors (Lipinski definition) is 6. The van der Waals surface area contributed by atoms with E-state index in [1.165, 1.54) is 0 Å². The summed E-state index contributed by atoms with van der Waals surface area (Å²) in [6, 6.07) is 13.4. The fraction of sp³-hybridized carbons (Fsp3) is 0.400. The van der Waals surface area contributed by atoms with E-state index in [1.807, 2.05) is 48.2 Å². The van der Waals surface area contributed by atoms with Gasteiger partial charge in [0.25, 0.3) is 11.9 Å². The third-order valence-electron chi connectivity index (χ3n) is 8.05. The number of oxazole rings is 1. The predicted octanol–water partition coefficient (Wildman–Crippen LogP) is 5.29. The summed E-state index contributed by atoms with van der Waals surface area (Å²) in [7, 11) is 0. The van der Waals surface area contributed by atoms with Gasteiger partial charge in [-0.2, -0.15) is 4.98 Å². The second-order valence-corrected chi connectivity index (χ2v) is 11.5. The van der Waals surface area contributed by atoms with Gasteiger partial charge in [-0.1, -0.05) is 36.7 Å². The number of hydrogen-bond donors (Lipinski definition) is 2. The zero-order valence-electron chi connectivity index (χ0n) is 22.6. The molecule has 3 atom stereocenters. The Morgan fingerprint density at radius 2 is 1.90 bits per heavy atom. The summed E-state index contributed by atoms with van der Waals surface area (Å²) in [5, 5.41) is 5.84. The molecule has 1 saturated carbocycles. The Morgan fingerprint density at radius 1 is 1.07 bits per heavy atom. The van der Waals surface area contributed by atoms with Gasteiger partial charge < -0.3 is 24.9 Å². The van der Waals surface area contributed by atoms with Crippen LogP contribution in [0.25, 0.3) is 0 Å². The minimum atomic E-state index is -0.472. The number of halogens is 1. The lowest BCUT2D eigenvalue weighted by atomic mass is 10.0. The maximum atomic E-state index is 13.3. The van der Waals surface area contributed by atoms with Crippen LogP contribution in [0.1, 0.15) is 47.9 Å². The van der Waals surface area contributed by atoms with Gasteiger partial charge >= 0.3 is 0 Å². The Kier molecular flexibility index (Phi) is 7.00. The first-order valence-corrected chi connectivity index (χ1v) is 14.2. The normalized spacial score (nSPS) is 21.6. The highest BCUT2D eigenvalue weighted by molar-refractivity contribution is 6.33. The van der Waals surface area contributed by atoms with Crippen LogP contribution in [0, 0.1) is 24.7 Å². The maximum absolute atomic E-state index is 13.3. The van der Waals surface area contributed by atoms with Gasteiger partial charge in [0.05, 0.1) is 11.8 Å². The number of fused-ring (bicyclic) bond motifs is 1. The Balaban J connectivity index is 1.08. The van der Waals surface area contributed by atoms with Crippen molar-refractivity contribution in [2.45, 2.75) is 39.5 Å². The van der Waals surface area contributed by atoms with Crippen LogP contribution in [0.2, 0.25) is 5.15 Å². The van der Waals surface area contributed by atoms with Gasteiger partial charge in [0, 0.05) is 36.7 Å². The molecule has 9 nitrogen and oxygen atoms in total. The smallest absolute Gasteiger partial charge is 0.299 e. The van der Waals surface area contributed by atoms with E-state index in [9.17, 15) is 14.4 Å². The van der Waals surface area contributed by atoms with E-state index in [-0.39, 0.29) is 34.6 Å². The van der Waals surface area contributed by atoms with Crippen molar-refractivity contribution in [3.63, 3.8) is 0 Å². The van der Waals surface area contributed by atoms with Gasteiger partial charge in [-0.3, -0.25) is 14.4 Å². The van der Waals surface area contributed by atoms with Gasteiger partial charge in [-0.05, 0) is 73.9 Å². The van der Waals surface area contributed by atoms with Crippen molar-refractivity contribution in [1.29, 1.82) is 0 Å². The number of carbonyl (C=O) groups excluding carboxylic acids is 3.